The van der Waals surface area contributed by atoms with Crippen LogP contribution in [0.4, 0.5) is 5.69 Å². The number of aromatic nitrogens is 1. The number of anilines is 1. The molecule has 0 radical (unpaired) electrons. The predicted molar refractivity (Wildman–Crippen MR) is 73.6 cm³/mol. The number of hydrogen-bond acceptors (Lipinski definition) is 2. The third-order valence-corrected chi connectivity index (χ3v) is 2.94. The van der Waals surface area contributed by atoms with Crippen LogP contribution in [0.5, 0.6) is 0 Å². The number of pyridine rings is 1. The van der Waals surface area contributed by atoms with Gasteiger partial charge in [-0.05, 0) is 12.0 Å². The van der Waals surface area contributed by atoms with Crippen molar-refractivity contribution in [2.24, 2.45) is 0 Å². The monoisotopic (exact) mass is 256 g/mol. The smallest absolute Gasteiger partial charge is 0.223 e. The van der Waals surface area contributed by atoms with Gasteiger partial charge < -0.3 is 10.1 Å². The largest absolute Gasteiger partial charge is 0.619 e. The van der Waals surface area contributed by atoms with Crippen molar-refractivity contribution < 1.29 is 9.52 Å². The molecule has 0 bridgehead atoms. The molecular formula is C15H16N2O2. The van der Waals surface area contributed by atoms with Gasteiger partial charge in [0.1, 0.15) is 0 Å². The zero-order valence-corrected chi connectivity index (χ0v) is 10.8. The molecular weight excluding hydrogens is 240 g/mol. The van der Waals surface area contributed by atoms with E-state index >= 15 is 0 Å². The molecule has 19 heavy (non-hydrogen) atoms. The summed E-state index contributed by atoms with van der Waals surface area (Å²) in [5.41, 5.74) is 1.93. The highest BCUT2D eigenvalue weighted by atomic mass is 16.5. The number of amides is 1. The Morgan fingerprint density at radius 2 is 1.79 bits per heavy atom. The molecule has 4 nitrogen and oxygen atoms in total. The van der Waals surface area contributed by atoms with E-state index in [0.29, 0.717) is 11.3 Å². The molecule has 0 spiro atoms. The van der Waals surface area contributed by atoms with Gasteiger partial charge in [-0.1, -0.05) is 30.3 Å². The van der Waals surface area contributed by atoms with E-state index in [2.05, 4.69) is 0 Å². The van der Waals surface area contributed by atoms with Crippen molar-refractivity contribution in [1.29, 1.82) is 0 Å². The molecule has 0 saturated heterocycles. The Kier molecular flexibility index (Phi) is 4.13. The lowest BCUT2D eigenvalue weighted by Gasteiger charge is -2.20. The standard InChI is InChI=1S/C15H16N2O2/c1-13(18)17(15-8-10-16(19)11-9-15)12-7-14-5-3-2-4-6-14/h2-6,8-11H,7,12H2,1H3. The molecule has 0 unspecified atom stereocenters. The zero-order chi connectivity index (χ0) is 13.7. The molecule has 1 aromatic carbocycles. The van der Waals surface area contributed by atoms with Crippen LogP contribution in [0.3, 0.4) is 0 Å². The lowest BCUT2D eigenvalue weighted by atomic mass is 10.1. The lowest BCUT2D eigenvalue weighted by molar-refractivity contribution is -0.605. The number of carbonyl (C=O) groups is 1. The fourth-order valence-corrected chi connectivity index (χ4v) is 1.94. The summed E-state index contributed by atoms with van der Waals surface area (Å²) in [4.78, 5) is 13.4. The van der Waals surface area contributed by atoms with Gasteiger partial charge in [0.25, 0.3) is 0 Å². The second-order valence-corrected chi connectivity index (χ2v) is 4.32. The number of nitrogens with zero attached hydrogens (tertiary/aromatic N) is 2. The molecule has 98 valence electrons. The van der Waals surface area contributed by atoms with Gasteiger partial charge in [0.15, 0.2) is 12.4 Å². The first-order valence-electron chi connectivity index (χ1n) is 6.17. The van der Waals surface area contributed by atoms with Gasteiger partial charge >= 0.3 is 0 Å². The minimum Gasteiger partial charge on any atom is -0.619 e. The topological polar surface area (TPSA) is 47.2 Å². The lowest BCUT2D eigenvalue weighted by Crippen LogP contribution is -2.32. The summed E-state index contributed by atoms with van der Waals surface area (Å²) in [5, 5.41) is 11.0. The van der Waals surface area contributed by atoms with Crippen LogP contribution >= 0.6 is 0 Å². The van der Waals surface area contributed by atoms with Gasteiger partial charge in [-0.2, -0.15) is 4.73 Å². The molecule has 1 aromatic heterocycles. The third-order valence-electron chi connectivity index (χ3n) is 2.94. The number of rotatable bonds is 4. The van der Waals surface area contributed by atoms with Gasteiger partial charge in [-0.25, -0.2) is 0 Å². The Balaban J connectivity index is 2.09. The molecule has 1 heterocycles. The first-order valence-corrected chi connectivity index (χ1v) is 6.17. The summed E-state index contributed by atoms with van der Waals surface area (Å²) < 4.78 is 0.707. The normalized spacial score (nSPS) is 10.2. The first kappa shape index (κ1) is 13.1. The third kappa shape index (κ3) is 3.55. The number of hydrogen-bond donors (Lipinski definition) is 0. The average Bonchev–Trinajstić information content (AvgIpc) is 2.42. The van der Waals surface area contributed by atoms with E-state index in [1.807, 2.05) is 30.3 Å². The summed E-state index contributed by atoms with van der Waals surface area (Å²) >= 11 is 0. The van der Waals surface area contributed by atoms with Gasteiger partial charge in [-0.15, -0.1) is 0 Å². The average molecular weight is 256 g/mol. The summed E-state index contributed by atoms with van der Waals surface area (Å²) in [6.45, 7) is 2.13. The van der Waals surface area contributed by atoms with Crippen molar-refractivity contribution in [2.75, 3.05) is 11.4 Å². The van der Waals surface area contributed by atoms with Crippen LogP contribution in [-0.2, 0) is 11.2 Å². The SMILES string of the molecule is CC(=O)N(CCc1ccccc1)c1cc[n+]([O-])cc1. The van der Waals surface area contributed by atoms with Crippen molar-refractivity contribution in [3.63, 3.8) is 0 Å². The van der Waals surface area contributed by atoms with Crippen LogP contribution in [0.25, 0.3) is 0 Å². The Morgan fingerprint density at radius 3 is 2.37 bits per heavy atom. The van der Waals surface area contributed by atoms with Crippen LogP contribution in [0.15, 0.2) is 54.9 Å². The van der Waals surface area contributed by atoms with E-state index in [1.165, 1.54) is 24.9 Å². The fourth-order valence-electron chi connectivity index (χ4n) is 1.94. The predicted octanol–water partition coefficient (Wildman–Crippen LogP) is 1.92. The van der Waals surface area contributed by atoms with Crippen molar-refractivity contribution in [1.82, 2.24) is 0 Å². The Bertz CT molecular complexity index is 538. The molecule has 2 aromatic rings. The van der Waals surface area contributed by atoms with E-state index in [-0.39, 0.29) is 5.91 Å². The molecule has 0 fully saturated rings. The Hall–Kier alpha value is -2.36. The van der Waals surface area contributed by atoms with Crippen molar-refractivity contribution >= 4 is 11.6 Å². The first-order chi connectivity index (χ1) is 9.16. The van der Waals surface area contributed by atoms with Gasteiger partial charge in [-0.3, -0.25) is 4.79 Å². The molecule has 0 aliphatic rings. The summed E-state index contributed by atoms with van der Waals surface area (Å²) in [5.74, 6) is -0.0282. The summed E-state index contributed by atoms with van der Waals surface area (Å²) in [6.07, 6.45) is 3.58. The van der Waals surface area contributed by atoms with Crippen LogP contribution in [0.2, 0.25) is 0 Å². The van der Waals surface area contributed by atoms with Crippen molar-refractivity contribution in [3.05, 3.63) is 65.6 Å². The quantitative estimate of drug-likeness (QED) is 0.619. The summed E-state index contributed by atoms with van der Waals surface area (Å²) in [6, 6.07) is 13.3. The fraction of sp³-hybridized carbons (Fsp3) is 0.200. The second-order valence-electron chi connectivity index (χ2n) is 4.32. The number of carbonyl (C=O) groups excluding carboxylic acids is 1. The maximum atomic E-state index is 11.7. The molecule has 0 N–H and O–H groups in total. The van der Waals surface area contributed by atoms with Gasteiger partial charge in [0.05, 0.1) is 5.69 Å². The van der Waals surface area contributed by atoms with E-state index < -0.39 is 0 Å². The van der Waals surface area contributed by atoms with Crippen LogP contribution in [0.1, 0.15) is 12.5 Å². The molecule has 0 aliphatic carbocycles. The molecule has 1 amide bonds. The molecule has 0 saturated carbocycles. The van der Waals surface area contributed by atoms with Gasteiger partial charge in [0, 0.05) is 25.6 Å². The van der Waals surface area contributed by atoms with E-state index in [9.17, 15) is 10.0 Å². The zero-order valence-electron chi connectivity index (χ0n) is 10.8. The van der Waals surface area contributed by atoms with Crippen LogP contribution in [-0.4, -0.2) is 12.5 Å². The molecule has 4 heteroatoms. The molecule has 2 rings (SSSR count). The van der Waals surface area contributed by atoms with E-state index in [1.54, 1.807) is 17.0 Å². The highest BCUT2D eigenvalue weighted by Crippen LogP contribution is 2.13. The molecule has 0 aliphatic heterocycles. The Morgan fingerprint density at radius 1 is 1.16 bits per heavy atom. The summed E-state index contributed by atoms with van der Waals surface area (Å²) in [7, 11) is 0. The second kappa shape index (κ2) is 6.00. The van der Waals surface area contributed by atoms with Gasteiger partial charge in [0.2, 0.25) is 5.91 Å². The number of benzene rings is 1. The highest BCUT2D eigenvalue weighted by Gasteiger charge is 2.12. The van der Waals surface area contributed by atoms with E-state index in [0.717, 1.165) is 12.1 Å². The minimum absolute atomic E-state index is 0.0282. The van der Waals surface area contributed by atoms with Crippen molar-refractivity contribution in [3.8, 4) is 0 Å². The maximum absolute atomic E-state index is 11.7. The van der Waals surface area contributed by atoms with Crippen LogP contribution < -0.4 is 9.63 Å². The Labute approximate surface area is 112 Å². The maximum Gasteiger partial charge on any atom is 0.223 e. The molecule has 0 atom stereocenters. The van der Waals surface area contributed by atoms with E-state index in [4.69, 9.17) is 0 Å². The van der Waals surface area contributed by atoms with Crippen LogP contribution in [0, 0.1) is 5.21 Å². The highest BCUT2D eigenvalue weighted by molar-refractivity contribution is 5.91. The van der Waals surface area contributed by atoms with Crippen molar-refractivity contribution in [2.45, 2.75) is 13.3 Å². The minimum atomic E-state index is -0.0282.